The zero-order valence-electron chi connectivity index (χ0n) is 12.3. The lowest BCUT2D eigenvalue weighted by Gasteiger charge is -2.23. The highest BCUT2D eigenvalue weighted by molar-refractivity contribution is 7.18. The smallest absolute Gasteiger partial charge is 0.254 e. The number of fused-ring (bicyclic) bond motifs is 1. The average Bonchev–Trinajstić information content (AvgIpc) is 2.96. The van der Waals surface area contributed by atoms with Gasteiger partial charge in [-0.3, -0.25) is 4.79 Å². The van der Waals surface area contributed by atoms with Crippen LogP contribution in [-0.4, -0.2) is 22.8 Å². The average molecular weight is 331 g/mol. The predicted octanol–water partition coefficient (Wildman–Crippen LogP) is 4.78. The molecule has 1 amide bonds. The Morgan fingerprint density at radius 3 is 2.73 bits per heavy atom. The molecule has 0 aliphatic carbocycles. The van der Waals surface area contributed by atoms with Crippen molar-refractivity contribution in [2.24, 2.45) is 0 Å². The molecule has 0 saturated heterocycles. The predicted molar refractivity (Wildman–Crippen MR) is 91.6 cm³/mol. The number of carbonyl (C=O) groups excluding carboxylic acids is 1. The van der Waals surface area contributed by atoms with Crippen LogP contribution in [-0.2, 0) is 0 Å². The molecule has 5 heteroatoms. The van der Waals surface area contributed by atoms with E-state index in [9.17, 15) is 4.79 Å². The zero-order chi connectivity index (χ0) is 15.7. The molecule has 3 nitrogen and oxygen atoms in total. The first-order valence-corrected chi connectivity index (χ1v) is 8.14. The highest BCUT2D eigenvalue weighted by Gasteiger charge is 2.21. The number of carbonyl (C=O) groups is 1. The maximum atomic E-state index is 12.6. The maximum Gasteiger partial charge on any atom is 0.254 e. The summed E-state index contributed by atoms with van der Waals surface area (Å²) < 4.78 is 1.13. The van der Waals surface area contributed by atoms with Crippen LogP contribution >= 0.6 is 22.9 Å². The molecule has 1 atom stereocenters. The van der Waals surface area contributed by atoms with Crippen LogP contribution in [0.4, 0.5) is 0 Å². The van der Waals surface area contributed by atoms with E-state index in [0.717, 1.165) is 15.2 Å². The molecule has 0 bridgehead atoms. The Kier molecular flexibility index (Phi) is 4.14. The molecular formula is C17H15ClN2OS. The molecule has 1 unspecified atom stereocenters. The third kappa shape index (κ3) is 2.85. The van der Waals surface area contributed by atoms with E-state index in [0.29, 0.717) is 10.6 Å². The first kappa shape index (κ1) is 15.0. The fraction of sp³-hybridized carbons (Fsp3) is 0.176. The number of hydrogen-bond acceptors (Lipinski definition) is 3. The summed E-state index contributed by atoms with van der Waals surface area (Å²) >= 11 is 7.58. The Balaban J connectivity index is 1.87. The summed E-state index contributed by atoms with van der Waals surface area (Å²) in [7, 11) is 1.79. The van der Waals surface area contributed by atoms with Crippen molar-refractivity contribution in [2.75, 3.05) is 7.05 Å². The second kappa shape index (κ2) is 6.07. The van der Waals surface area contributed by atoms with Crippen LogP contribution < -0.4 is 0 Å². The SMILES string of the molecule is CC(c1nc2ccccc2s1)N(C)C(=O)c1cccc(Cl)c1. The van der Waals surface area contributed by atoms with Crippen molar-refractivity contribution in [1.29, 1.82) is 0 Å². The molecule has 0 aliphatic heterocycles. The van der Waals surface area contributed by atoms with Crippen molar-refractivity contribution in [3.8, 4) is 0 Å². The minimum Gasteiger partial charge on any atom is -0.333 e. The van der Waals surface area contributed by atoms with Gasteiger partial charge in [0.25, 0.3) is 5.91 Å². The topological polar surface area (TPSA) is 33.2 Å². The molecule has 112 valence electrons. The van der Waals surface area contributed by atoms with Crippen molar-refractivity contribution in [3.05, 3.63) is 64.1 Å². The minimum absolute atomic E-state index is 0.0609. The molecule has 0 radical (unpaired) electrons. The van der Waals surface area contributed by atoms with Gasteiger partial charge in [-0.15, -0.1) is 11.3 Å². The third-order valence-electron chi connectivity index (χ3n) is 3.64. The first-order valence-electron chi connectivity index (χ1n) is 6.94. The molecular weight excluding hydrogens is 316 g/mol. The summed E-state index contributed by atoms with van der Waals surface area (Å²) in [6.45, 7) is 1.99. The molecule has 3 aromatic rings. The van der Waals surface area contributed by atoms with Crippen LogP contribution in [0, 0.1) is 0 Å². The summed E-state index contributed by atoms with van der Waals surface area (Å²) in [5, 5.41) is 1.49. The minimum atomic E-state index is -0.0936. The van der Waals surface area contributed by atoms with E-state index >= 15 is 0 Å². The van der Waals surface area contributed by atoms with Crippen LogP contribution in [0.15, 0.2) is 48.5 Å². The van der Waals surface area contributed by atoms with Crippen LogP contribution in [0.5, 0.6) is 0 Å². The van der Waals surface area contributed by atoms with Gasteiger partial charge in [-0.05, 0) is 37.3 Å². The lowest BCUT2D eigenvalue weighted by Crippen LogP contribution is -2.29. The Bertz CT molecular complexity index is 797. The van der Waals surface area contributed by atoms with Gasteiger partial charge in [0, 0.05) is 17.6 Å². The second-order valence-electron chi connectivity index (χ2n) is 5.12. The van der Waals surface area contributed by atoms with E-state index in [1.807, 2.05) is 31.2 Å². The fourth-order valence-corrected chi connectivity index (χ4v) is 3.49. The van der Waals surface area contributed by atoms with Gasteiger partial charge in [0.15, 0.2) is 0 Å². The normalized spacial score (nSPS) is 12.3. The summed E-state index contributed by atoms with van der Waals surface area (Å²) in [4.78, 5) is 18.9. The summed E-state index contributed by atoms with van der Waals surface area (Å²) in [5.74, 6) is -0.0609. The largest absolute Gasteiger partial charge is 0.333 e. The Hall–Kier alpha value is -1.91. The molecule has 3 rings (SSSR count). The van der Waals surface area contributed by atoms with E-state index in [4.69, 9.17) is 11.6 Å². The highest BCUT2D eigenvalue weighted by Crippen LogP contribution is 2.29. The van der Waals surface area contributed by atoms with Crippen molar-refractivity contribution in [1.82, 2.24) is 9.88 Å². The molecule has 1 heterocycles. The van der Waals surface area contributed by atoms with E-state index in [1.165, 1.54) is 0 Å². The molecule has 1 aromatic heterocycles. The number of hydrogen-bond donors (Lipinski definition) is 0. The number of para-hydroxylation sites is 1. The van der Waals surface area contributed by atoms with E-state index in [-0.39, 0.29) is 11.9 Å². The van der Waals surface area contributed by atoms with Crippen molar-refractivity contribution >= 4 is 39.1 Å². The molecule has 0 fully saturated rings. The molecule has 0 spiro atoms. The number of aromatic nitrogens is 1. The lowest BCUT2D eigenvalue weighted by molar-refractivity contribution is 0.0742. The number of nitrogens with zero attached hydrogens (tertiary/aromatic N) is 2. The van der Waals surface area contributed by atoms with E-state index in [2.05, 4.69) is 4.98 Å². The van der Waals surface area contributed by atoms with Crippen molar-refractivity contribution in [3.63, 3.8) is 0 Å². The van der Waals surface area contributed by atoms with Gasteiger partial charge in [-0.2, -0.15) is 0 Å². The van der Waals surface area contributed by atoms with Crippen LogP contribution in [0.3, 0.4) is 0 Å². The maximum absolute atomic E-state index is 12.6. The Labute approximate surface area is 138 Å². The standard InChI is InChI=1S/C17H15ClN2OS/c1-11(16-19-14-8-3-4-9-15(14)22-16)20(2)17(21)12-6-5-7-13(18)10-12/h3-11H,1-2H3. The number of rotatable bonds is 3. The highest BCUT2D eigenvalue weighted by atomic mass is 35.5. The van der Waals surface area contributed by atoms with Gasteiger partial charge in [0.2, 0.25) is 0 Å². The number of amides is 1. The monoisotopic (exact) mass is 330 g/mol. The third-order valence-corrected chi connectivity index (χ3v) is 5.08. The number of benzene rings is 2. The molecule has 2 aromatic carbocycles. The second-order valence-corrected chi connectivity index (χ2v) is 6.62. The van der Waals surface area contributed by atoms with Gasteiger partial charge in [-0.25, -0.2) is 4.98 Å². The molecule has 0 saturated carbocycles. The van der Waals surface area contributed by atoms with Gasteiger partial charge in [0.05, 0.1) is 16.3 Å². The molecule has 0 N–H and O–H groups in total. The van der Waals surface area contributed by atoms with Crippen molar-refractivity contribution < 1.29 is 4.79 Å². The fourth-order valence-electron chi connectivity index (χ4n) is 2.24. The van der Waals surface area contributed by atoms with E-state index < -0.39 is 0 Å². The molecule has 22 heavy (non-hydrogen) atoms. The molecule has 0 aliphatic rings. The zero-order valence-corrected chi connectivity index (χ0v) is 13.9. The summed E-state index contributed by atoms with van der Waals surface area (Å²) in [6, 6.07) is 14.9. The van der Waals surface area contributed by atoms with Crippen LogP contribution in [0.1, 0.15) is 28.3 Å². The number of thiazole rings is 1. The van der Waals surface area contributed by atoms with Gasteiger partial charge < -0.3 is 4.90 Å². The Morgan fingerprint density at radius 1 is 1.23 bits per heavy atom. The summed E-state index contributed by atoms with van der Waals surface area (Å²) in [5.41, 5.74) is 1.56. The number of halogens is 1. The van der Waals surface area contributed by atoms with Gasteiger partial charge in [0.1, 0.15) is 5.01 Å². The van der Waals surface area contributed by atoms with Crippen LogP contribution in [0.2, 0.25) is 5.02 Å². The van der Waals surface area contributed by atoms with Gasteiger partial charge in [-0.1, -0.05) is 29.8 Å². The van der Waals surface area contributed by atoms with Crippen molar-refractivity contribution in [2.45, 2.75) is 13.0 Å². The lowest BCUT2D eigenvalue weighted by atomic mass is 10.2. The quantitative estimate of drug-likeness (QED) is 0.692. The Morgan fingerprint density at radius 2 is 2.00 bits per heavy atom. The summed E-state index contributed by atoms with van der Waals surface area (Å²) in [6.07, 6.45) is 0. The van der Waals surface area contributed by atoms with Gasteiger partial charge >= 0.3 is 0 Å². The van der Waals surface area contributed by atoms with E-state index in [1.54, 1.807) is 47.5 Å². The first-order chi connectivity index (χ1) is 10.6. The van der Waals surface area contributed by atoms with Crippen LogP contribution in [0.25, 0.3) is 10.2 Å².